The van der Waals surface area contributed by atoms with Gasteiger partial charge in [0.1, 0.15) is 0 Å². The monoisotopic (exact) mass is 689 g/mol. The fraction of sp³-hybridized carbons (Fsp3) is 0.0566. The van der Waals surface area contributed by atoms with Gasteiger partial charge >= 0.3 is 0 Å². The summed E-state index contributed by atoms with van der Waals surface area (Å²) >= 11 is 0. The molecule has 0 amide bonds. The van der Waals surface area contributed by atoms with Crippen LogP contribution in [-0.4, -0.2) is 0 Å². The van der Waals surface area contributed by atoms with E-state index in [1.807, 2.05) is 0 Å². The number of rotatable bonds is 6. The van der Waals surface area contributed by atoms with E-state index in [0.29, 0.717) is 0 Å². The van der Waals surface area contributed by atoms with Crippen molar-refractivity contribution in [1.82, 2.24) is 0 Å². The first kappa shape index (κ1) is 32.0. The molecule has 0 unspecified atom stereocenters. The van der Waals surface area contributed by atoms with Crippen molar-refractivity contribution in [2.45, 2.75) is 19.3 Å². The maximum absolute atomic E-state index is 2.42. The Bertz CT molecular complexity index is 2820. The van der Waals surface area contributed by atoms with Crippen LogP contribution >= 0.6 is 0 Å². The lowest BCUT2D eigenvalue weighted by molar-refractivity contribution is 0.660. The van der Waals surface area contributed by atoms with E-state index < -0.39 is 0 Å². The maximum atomic E-state index is 2.42. The molecule has 54 heavy (non-hydrogen) atoms. The number of benzene rings is 9. The van der Waals surface area contributed by atoms with Gasteiger partial charge in [0.05, 0.1) is 0 Å². The molecular weight excluding hydrogens is 651 g/mol. The van der Waals surface area contributed by atoms with E-state index in [-0.39, 0.29) is 5.41 Å². The standard InChI is InChI=1S/C53H39N/c1-53(2)51-34-43(42-24-21-36-11-6-7-13-41(36)33-42)27-31-49(51)50-32-30-46(35-52(50)53)54(44-15-4-3-5-16-44)45-28-25-38(26-29-45)37-19-22-40(23-20-37)48-18-10-14-39-12-8-9-17-47(39)48/h3-35H,1-2H3. The molecule has 9 aromatic rings. The molecule has 0 aromatic heterocycles. The van der Waals surface area contributed by atoms with Gasteiger partial charge < -0.3 is 4.90 Å². The molecule has 0 bridgehead atoms. The average Bonchev–Trinajstić information content (AvgIpc) is 3.46. The second kappa shape index (κ2) is 12.8. The highest BCUT2D eigenvalue weighted by atomic mass is 15.1. The van der Waals surface area contributed by atoms with Gasteiger partial charge in [0.15, 0.2) is 0 Å². The predicted octanol–water partition coefficient (Wildman–Crippen LogP) is 14.8. The molecule has 0 aliphatic heterocycles. The van der Waals surface area contributed by atoms with E-state index in [2.05, 4.69) is 219 Å². The molecule has 0 spiro atoms. The van der Waals surface area contributed by atoms with Gasteiger partial charge in [-0.25, -0.2) is 0 Å². The summed E-state index contributed by atoms with van der Waals surface area (Å²) in [6.07, 6.45) is 0. The molecule has 10 rings (SSSR count). The topological polar surface area (TPSA) is 3.24 Å². The summed E-state index contributed by atoms with van der Waals surface area (Å²) in [6, 6.07) is 73.3. The first-order chi connectivity index (χ1) is 26.5. The number of anilines is 3. The minimum Gasteiger partial charge on any atom is -0.310 e. The molecule has 256 valence electrons. The van der Waals surface area contributed by atoms with Gasteiger partial charge in [0, 0.05) is 22.5 Å². The highest BCUT2D eigenvalue weighted by Crippen LogP contribution is 2.51. The van der Waals surface area contributed by atoms with Gasteiger partial charge in [-0.2, -0.15) is 0 Å². The van der Waals surface area contributed by atoms with E-state index >= 15 is 0 Å². The Labute approximate surface area is 317 Å². The molecule has 0 fully saturated rings. The Balaban J connectivity index is 0.981. The minimum absolute atomic E-state index is 0.155. The lowest BCUT2D eigenvalue weighted by Gasteiger charge is -2.28. The van der Waals surface area contributed by atoms with Crippen LogP contribution in [0.2, 0.25) is 0 Å². The predicted molar refractivity (Wildman–Crippen MR) is 230 cm³/mol. The van der Waals surface area contributed by atoms with Crippen molar-refractivity contribution in [3.63, 3.8) is 0 Å². The van der Waals surface area contributed by atoms with Crippen molar-refractivity contribution in [3.05, 3.63) is 211 Å². The molecule has 0 N–H and O–H groups in total. The van der Waals surface area contributed by atoms with E-state index in [1.165, 1.54) is 77.2 Å². The molecule has 0 saturated carbocycles. The summed E-state index contributed by atoms with van der Waals surface area (Å²) in [5, 5.41) is 5.08. The first-order valence-corrected chi connectivity index (χ1v) is 18.8. The average molecular weight is 690 g/mol. The third-order valence-electron chi connectivity index (χ3n) is 11.5. The summed E-state index contributed by atoms with van der Waals surface area (Å²) in [5.41, 5.74) is 16.1. The Hall–Kier alpha value is -6.70. The molecule has 1 aliphatic carbocycles. The fourth-order valence-corrected chi connectivity index (χ4v) is 8.56. The largest absolute Gasteiger partial charge is 0.310 e. The van der Waals surface area contributed by atoms with Gasteiger partial charge in [-0.1, -0.05) is 166 Å². The third-order valence-corrected chi connectivity index (χ3v) is 11.5. The van der Waals surface area contributed by atoms with Crippen LogP contribution in [0.4, 0.5) is 17.1 Å². The second-order valence-corrected chi connectivity index (χ2v) is 15.0. The Kier molecular flexibility index (Phi) is 7.56. The van der Waals surface area contributed by atoms with Crippen LogP contribution in [0.15, 0.2) is 200 Å². The number of fused-ring (bicyclic) bond motifs is 5. The van der Waals surface area contributed by atoms with Crippen LogP contribution < -0.4 is 4.90 Å². The molecule has 0 radical (unpaired) electrons. The maximum Gasteiger partial charge on any atom is 0.0465 e. The zero-order valence-electron chi connectivity index (χ0n) is 30.5. The van der Waals surface area contributed by atoms with E-state index in [0.717, 1.165) is 17.1 Å². The molecule has 1 nitrogen and oxygen atoms in total. The lowest BCUT2D eigenvalue weighted by atomic mass is 9.81. The fourth-order valence-electron chi connectivity index (χ4n) is 8.56. The van der Waals surface area contributed by atoms with E-state index in [4.69, 9.17) is 0 Å². The van der Waals surface area contributed by atoms with Crippen LogP contribution in [0.5, 0.6) is 0 Å². The summed E-state index contributed by atoms with van der Waals surface area (Å²) < 4.78 is 0. The van der Waals surface area contributed by atoms with E-state index in [1.54, 1.807) is 0 Å². The Morgan fingerprint density at radius 1 is 0.315 bits per heavy atom. The van der Waals surface area contributed by atoms with Gasteiger partial charge in [0.2, 0.25) is 0 Å². The molecule has 1 aliphatic rings. The Morgan fingerprint density at radius 2 is 0.833 bits per heavy atom. The van der Waals surface area contributed by atoms with Crippen molar-refractivity contribution in [2.24, 2.45) is 0 Å². The van der Waals surface area contributed by atoms with Gasteiger partial charge in [-0.05, 0) is 126 Å². The highest BCUT2D eigenvalue weighted by molar-refractivity contribution is 5.97. The molecule has 9 aromatic carbocycles. The lowest BCUT2D eigenvalue weighted by Crippen LogP contribution is -2.16. The Morgan fingerprint density at radius 3 is 1.61 bits per heavy atom. The third kappa shape index (κ3) is 5.40. The first-order valence-electron chi connectivity index (χ1n) is 18.8. The van der Waals surface area contributed by atoms with Gasteiger partial charge in [-0.15, -0.1) is 0 Å². The van der Waals surface area contributed by atoms with Gasteiger partial charge in [-0.3, -0.25) is 0 Å². The molecular formula is C53H39N. The highest BCUT2D eigenvalue weighted by Gasteiger charge is 2.36. The van der Waals surface area contributed by atoms with Crippen molar-refractivity contribution in [3.8, 4) is 44.5 Å². The minimum atomic E-state index is -0.155. The quantitative estimate of drug-likeness (QED) is 0.168. The smallest absolute Gasteiger partial charge is 0.0465 e. The molecule has 0 saturated heterocycles. The van der Waals surface area contributed by atoms with Crippen molar-refractivity contribution in [2.75, 3.05) is 4.90 Å². The normalized spacial score (nSPS) is 12.8. The summed E-state index contributed by atoms with van der Waals surface area (Å²) in [7, 11) is 0. The molecule has 1 heteroatoms. The number of nitrogens with zero attached hydrogens (tertiary/aromatic N) is 1. The van der Waals surface area contributed by atoms with E-state index in [9.17, 15) is 0 Å². The zero-order valence-corrected chi connectivity index (χ0v) is 30.5. The zero-order chi connectivity index (χ0) is 36.2. The second-order valence-electron chi connectivity index (χ2n) is 15.0. The van der Waals surface area contributed by atoms with Crippen LogP contribution in [0.25, 0.3) is 66.1 Å². The SMILES string of the molecule is CC1(C)c2cc(-c3ccc4ccccc4c3)ccc2-c2ccc(N(c3ccccc3)c3ccc(-c4ccc(-c5cccc6ccccc56)cc4)cc3)cc21. The summed E-state index contributed by atoms with van der Waals surface area (Å²) in [5.74, 6) is 0. The van der Waals surface area contributed by atoms with Gasteiger partial charge in [0.25, 0.3) is 0 Å². The summed E-state index contributed by atoms with van der Waals surface area (Å²) in [4.78, 5) is 2.38. The van der Waals surface area contributed by atoms with Crippen LogP contribution in [0, 0.1) is 0 Å². The number of hydrogen-bond acceptors (Lipinski definition) is 1. The van der Waals surface area contributed by atoms with Crippen molar-refractivity contribution >= 4 is 38.6 Å². The molecule has 0 atom stereocenters. The van der Waals surface area contributed by atoms with Crippen LogP contribution in [0.1, 0.15) is 25.0 Å². The number of para-hydroxylation sites is 1. The summed E-state index contributed by atoms with van der Waals surface area (Å²) in [6.45, 7) is 4.75. The molecule has 0 heterocycles. The van der Waals surface area contributed by atoms with Crippen LogP contribution in [-0.2, 0) is 5.41 Å². The number of hydrogen-bond donors (Lipinski definition) is 0. The van der Waals surface area contributed by atoms with Crippen molar-refractivity contribution in [1.29, 1.82) is 0 Å². The van der Waals surface area contributed by atoms with Crippen molar-refractivity contribution < 1.29 is 0 Å². The van der Waals surface area contributed by atoms with Crippen LogP contribution in [0.3, 0.4) is 0 Å².